The minimum absolute atomic E-state index is 0.470. The molecule has 1 rings (SSSR count). The Labute approximate surface area is 94.8 Å². The third-order valence-electron chi connectivity index (χ3n) is 1.43. The average molecular weight is 247 g/mol. The van der Waals surface area contributed by atoms with Crippen molar-refractivity contribution in [1.29, 1.82) is 0 Å². The molecular formula is C9H14NO3PS. The number of pyridine rings is 1. The molecule has 15 heavy (non-hydrogen) atoms. The molecule has 1 aromatic rings. The van der Waals surface area contributed by atoms with Crippen LogP contribution in [0.5, 0.6) is 5.75 Å². The standard InChI is InChI=1S/C9H14NO3PS/c1-3-11-14(15,12-4-2)13-9-6-5-7-10-8-9/h5-8H,3-4H2,1-2H3. The van der Waals surface area contributed by atoms with Crippen LogP contribution in [0.1, 0.15) is 13.8 Å². The highest BCUT2D eigenvalue weighted by atomic mass is 32.5. The monoisotopic (exact) mass is 247 g/mol. The van der Waals surface area contributed by atoms with Gasteiger partial charge in [-0.2, -0.15) is 0 Å². The molecule has 0 atom stereocenters. The molecule has 0 N–H and O–H groups in total. The van der Waals surface area contributed by atoms with Gasteiger partial charge in [-0.15, -0.1) is 0 Å². The number of rotatable bonds is 6. The van der Waals surface area contributed by atoms with Crippen molar-refractivity contribution in [3.63, 3.8) is 0 Å². The Morgan fingerprint density at radius 3 is 2.47 bits per heavy atom. The smallest absolute Gasteiger partial charge is 0.380 e. The van der Waals surface area contributed by atoms with Crippen molar-refractivity contribution in [3.05, 3.63) is 24.5 Å². The minimum Gasteiger partial charge on any atom is -0.422 e. The maximum absolute atomic E-state index is 5.50. The van der Waals surface area contributed by atoms with Gasteiger partial charge >= 0.3 is 6.72 Å². The molecule has 0 fully saturated rings. The predicted molar refractivity (Wildman–Crippen MR) is 62.4 cm³/mol. The zero-order valence-corrected chi connectivity index (χ0v) is 10.5. The lowest BCUT2D eigenvalue weighted by Gasteiger charge is -2.20. The van der Waals surface area contributed by atoms with E-state index in [1.807, 2.05) is 13.8 Å². The van der Waals surface area contributed by atoms with E-state index >= 15 is 0 Å². The zero-order chi connectivity index (χ0) is 11.1. The largest absolute Gasteiger partial charge is 0.422 e. The van der Waals surface area contributed by atoms with Crippen LogP contribution < -0.4 is 4.52 Å². The van der Waals surface area contributed by atoms with Crippen molar-refractivity contribution in [3.8, 4) is 5.75 Å². The third-order valence-corrected chi connectivity index (χ3v) is 3.87. The van der Waals surface area contributed by atoms with E-state index in [1.165, 1.54) is 0 Å². The second kappa shape index (κ2) is 6.18. The van der Waals surface area contributed by atoms with E-state index in [-0.39, 0.29) is 0 Å². The Bertz CT molecular complexity index is 323. The third kappa shape index (κ3) is 4.26. The van der Waals surface area contributed by atoms with Crippen molar-refractivity contribution in [2.45, 2.75) is 13.8 Å². The highest BCUT2D eigenvalue weighted by molar-refractivity contribution is 8.07. The first-order chi connectivity index (χ1) is 7.20. The van der Waals surface area contributed by atoms with Crippen LogP contribution in [0.2, 0.25) is 0 Å². The summed E-state index contributed by atoms with van der Waals surface area (Å²) in [6, 6.07) is 3.54. The van der Waals surface area contributed by atoms with Gasteiger partial charge in [-0.05, 0) is 26.0 Å². The molecule has 0 aliphatic heterocycles. The molecule has 0 aliphatic rings. The number of nitrogens with zero attached hydrogens (tertiary/aromatic N) is 1. The summed E-state index contributed by atoms with van der Waals surface area (Å²) in [7, 11) is 0. The molecule has 1 aromatic heterocycles. The summed E-state index contributed by atoms with van der Waals surface area (Å²) < 4.78 is 16.2. The maximum Gasteiger partial charge on any atom is 0.380 e. The van der Waals surface area contributed by atoms with Gasteiger partial charge in [0.25, 0.3) is 0 Å². The van der Waals surface area contributed by atoms with E-state index in [9.17, 15) is 0 Å². The number of hydrogen-bond acceptors (Lipinski definition) is 5. The predicted octanol–water partition coefficient (Wildman–Crippen LogP) is 2.76. The minimum atomic E-state index is -2.65. The van der Waals surface area contributed by atoms with Crippen LogP contribution >= 0.6 is 6.72 Å². The van der Waals surface area contributed by atoms with Gasteiger partial charge < -0.3 is 4.52 Å². The summed E-state index contributed by atoms with van der Waals surface area (Å²) in [4.78, 5) is 3.92. The first kappa shape index (κ1) is 12.6. The zero-order valence-electron chi connectivity index (χ0n) is 8.75. The fraction of sp³-hybridized carbons (Fsp3) is 0.444. The topological polar surface area (TPSA) is 40.6 Å². The van der Waals surface area contributed by atoms with Crippen LogP contribution in [0, 0.1) is 0 Å². The molecule has 0 unspecified atom stereocenters. The van der Waals surface area contributed by atoms with E-state index in [0.29, 0.717) is 19.0 Å². The highest BCUT2D eigenvalue weighted by Crippen LogP contribution is 2.49. The normalized spacial score (nSPS) is 11.3. The van der Waals surface area contributed by atoms with Crippen molar-refractivity contribution in [1.82, 2.24) is 4.98 Å². The van der Waals surface area contributed by atoms with Crippen molar-refractivity contribution in [2.75, 3.05) is 13.2 Å². The van der Waals surface area contributed by atoms with E-state index in [1.54, 1.807) is 24.5 Å². The van der Waals surface area contributed by atoms with Crippen LogP contribution in [0.3, 0.4) is 0 Å². The fourth-order valence-corrected chi connectivity index (χ4v) is 3.01. The van der Waals surface area contributed by atoms with Gasteiger partial charge in [0, 0.05) is 18.0 Å². The summed E-state index contributed by atoms with van der Waals surface area (Å²) >= 11 is 5.20. The Morgan fingerprint density at radius 2 is 2.00 bits per heavy atom. The summed E-state index contributed by atoms with van der Waals surface area (Å²) in [5, 5.41) is 0. The lowest BCUT2D eigenvalue weighted by molar-refractivity contribution is 0.217. The molecule has 0 saturated carbocycles. The summed E-state index contributed by atoms with van der Waals surface area (Å²) in [5.41, 5.74) is 0. The summed E-state index contributed by atoms with van der Waals surface area (Å²) in [5.74, 6) is 0.572. The second-order valence-corrected chi connectivity index (χ2v) is 5.50. The van der Waals surface area contributed by atoms with Crippen LogP contribution in [0.15, 0.2) is 24.5 Å². The molecule has 0 radical (unpaired) electrons. The van der Waals surface area contributed by atoms with Crippen LogP contribution in [-0.2, 0) is 20.9 Å². The lowest BCUT2D eigenvalue weighted by Crippen LogP contribution is -2.02. The van der Waals surface area contributed by atoms with Gasteiger partial charge in [0.15, 0.2) is 0 Å². The Balaban J connectivity index is 2.71. The van der Waals surface area contributed by atoms with Crippen molar-refractivity contribution in [2.24, 2.45) is 0 Å². The van der Waals surface area contributed by atoms with Crippen LogP contribution in [0.25, 0.3) is 0 Å². The Kier molecular flexibility index (Phi) is 5.19. The molecule has 0 bridgehead atoms. The van der Waals surface area contributed by atoms with Gasteiger partial charge in [0.2, 0.25) is 0 Å². The van der Waals surface area contributed by atoms with E-state index in [0.717, 1.165) is 0 Å². The summed E-state index contributed by atoms with van der Waals surface area (Å²) in [6.45, 7) is 2.00. The van der Waals surface area contributed by atoms with Gasteiger partial charge in [-0.1, -0.05) is 0 Å². The van der Waals surface area contributed by atoms with Crippen LogP contribution in [0.4, 0.5) is 0 Å². The van der Waals surface area contributed by atoms with Gasteiger partial charge in [-0.25, -0.2) is 0 Å². The quantitative estimate of drug-likeness (QED) is 0.723. The molecule has 0 aromatic carbocycles. The van der Waals surface area contributed by atoms with Crippen LogP contribution in [-0.4, -0.2) is 18.2 Å². The van der Waals surface area contributed by atoms with E-state index in [2.05, 4.69) is 4.98 Å². The van der Waals surface area contributed by atoms with Gasteiger partial charge in [0.1, 0.15) is 5.75 Å². The number of hydrogen-bond donors (Lipinski definition) is 0. The molecule has 6 heteroatoms. The molecule has 84 valence electrons. The van der Waals surface area contributed by atoms with Gasteiger partial charge in [0.05, 0.1) is 19.4 Å². The Morgan fingerprint density at radius 1 is 1.33 bits per heavy atom. The highest BCUT2D eigenvalue weighted by Gasteiger charge is 2.20. The molecular weight excluding hydrogens is 233 g/mol. The molecule has 0 saturated heterocycles. The SMILES string of the molecule is CCOP(=S)(OCC)Oc1cccnc1. The Hall–Kier alpha value is -0.480. The molecule has 1 heterocycles. The van der Waals surface area contributed by atoms with Crippen molar-refractivity contribution < 1.29 is 13.6 Å². The first-order valence-corrected chi connectivity index (χ1v) is 7.24. The lowest BCUT2D eigenvalue weighted by atomic mass is 10.5. The second-order valence-electron chi connectivity index (χ2n) is 2.56. The van der Waals surface area contributed by atoms with E-state index < -0.39 is 6.72 Å². The number of aromatic nitrogens is 1. The first-order valence-electron chi connectivity index (χ1n) is 4.69. The molecule has 0 aliphatic carbocycles. The van der Waals surface area contributed by atoms with Gasteiger partial charge in [-0.3, -0.25) is 14.0 Å². The molecule has 0 amide bonds. The fourth-order valence-electron chi connectivity index (χ4n) is 0.936. The average Bonchev–Trinajstić information content (AvgIpc) is 2.19. The van der Waals surface area contributed by atoms with Crippen molar-refractivity contribution >= 4 is 18.5 Å². The maximum atomic E-state index is 5.50. The van der Waals surface area contributed by atoms with E-state index in [4.69, 9.17) is 25.4 Å². The molecule has 0 spiro atoms. The molecule has 4 nitrogen and oxygen atoms in total. The summed E-state index contributed by atoms with van der Waals surface area (Å²) in [6.07, 6.45) is 3.25.